The minimum atomic E-state index is -3.35. The Hall–Kier alpha value is -2.36. The number of para-hydroxylation sites is 1. The van der Waals surface area contributed by atoms with E-state index in [2.05, 4.69) is 53.6 Å². The third kappa shape index (κ3) is 4.53. The first-order valence-electron chi connectivity index (χ1n) is 10.3. The van der Waals surface area contributed by atoms with E-state index in [9.17, 15) is 8.42 Å². The summed E-state index contributed by atoms with van der Waals surface area (Å²) in [6.45, 7) is 7.22. The zero-order valence-electron chi connectivity index (χ0n) is 17.6. The average molecular weight is 429 g/mol. The Kier molecular flexibility index (Phi) is 5.86. The van der Waals surface area contributed by atoms with Gasteiger partial charge in [-0.1, -0.05) is 38.1 Å². The smallest absolute Gasteiger partial charge is 0.209 e. The molecule has 1 aromatic carbocycles. The molecule has 0 saturated heterocycles. The molecule has 0 fully saturated rings. The van der Waals surface area contributed by atoms with Gasteiger partial charge >= 0.3 is 0 Å². The van der Waals surface area contributed by atoms with Crippen molar-refractivity contribution in [3.05, 3.63) is 53.7 Å². The topological polar surface area (TPSA) is 93.0 Å². The monoisotopic (exact) mass is 428 g/mol. The van der Waals surface area contributed by atoms with Crippen molar-refractivity contribution in [2.75, 3.05) is 19.3 Å². The summed E-state index contributed by atoms with van der Waals surface area (Å²) in [6, 6.07) is 9.95. The second kappa shape index (κ2) is 8.41. The molecule has 1 aliphatic rings. The molecule has 1 N–H and O–H groups in total. The molecule has 0 radical (unpaired) electrons. The molecule has 0 spiro atoms. The van der Waals surface area contributed by atoms with Crippen LogP contribution in [0.5, 0.6) is 0 Å². The van der Waals surface area contributed by atoms with Crippen LogP contribution in [0.1, 0.15) is 37.1 Å². The fraction of sp³-hybridized carbons (Fsp3) is 0.476. The first-order chi connectivity index (χ1) is 14.3. The van der Waals surface area contributed by atoms with Crippen LogP contribution in [0.15, 0.2) is 36.5 Å². The molecular formula is C21H28N6O2S. The second-order valence-electron chi connectivity index (χ2n) is 8.26. The summed E-state index contributed by atoms with van der Waals surface area (Å²) in [7, 11) is -3.35. The van der Waals surface area contributed by atoms with Gasteiger partial charge in [0.15, 0.2) is 5.82 Å². The maximum absolute atomic E-state index is 11.9. The van der Waals surface area contributed by atoms with E-state index in [0.717, 1.165) is 49.3 Å². The number of fused-ring (bicyclic) bond motifs is 2. The van der Waals surface area contributed by atoms with Crippen LogP contribution in [0.4, 0.5) is 0 Å². The lowest BCUT2D eigenvalue weighted by atomic mass is 10.1. The molecule has 3 heterocycles. The molecule has 9 heteroatoms. The molecular weight excluding hydrogens is 400 g/mol. The molecule has 160 valence electrons. The highest BCUT2D eigenvalue weighted by atomic mass is 32.2. The third-order valence-electron chi connectivity index (χ3n) is 5.54. The van der Waals surface area contributed by atoms with Crippen LogP contribution in [-0.2, 0) is 29.5 Å². The summed E-state index contributed by atoms with van der Waals surface area (Å²) in [5.74, 6) is 1.66. The van der Waals surface area contributed by atoms with E-state index in [1.54, 1.807) is 0 Å². The van der Waals surface area contributed by atoms with Gasteiger partial charge in [0.1, 0.15) is 5.82 Å². The molecule has 0 amide bonds. The summed E-state index contributed by atoms with van der Waals surface area (Å²) in [5.41, 5.74) is 2.26. The summed E-state index contributed by atoms with van der Waals surface area (Å²) in [5, 5.41) is 9.88. The zero-order chi connectivity index (χ0) is 21.3. The molecule has 3 aromatic rings. The van der Waals surface area contributed by atoms with Crippen LogP contribution in [-0.4, -0.2) is 52.4 Å². The summed E-state index contributed by atoms with van der Waals surface area (Å²) >= 11 is 0. The summed E-state index contributed by atoms with van der Waals surface area (Å²) in [6.07, 6.45) is 3.79. The minimum absolute atomic E-state index is 0.0640. The summed E-state index contributed by atoms with van der Waals surface area (Å²) in [4.78, 5) is 6.97. The van der Waals surface area contributed by atoms with Crippen LogP contribution in [0.3, 0.4) is 0 Å². The van der Waals surface area contributed by atoms with Crippen LogP contribution < -0.4 is 4.72 Å². The number of hydrogen-bond donors (Lipinski definition) is 1. The highest BCUT2D eigenvalue weighted by Crippen LogP contribution is 2.24. The van der Waals surface area contributed by atoms with E-state index < -0.39 is 16.1 Å². The van der Waals surface area contributed by atoms with E-state index in [1.165, 1.54) is 11.8 Å². The van der Waals surface area contributed by atoms with Crippen LogP contribution >= 0.6 is 0 Å². The Labute approximate surface area is 177 Å². The van der Waals surface area contributed by atoms with E-state index in [1.807, 2.05) is 26.1 Å². The first kappa shape index (κ1) is 20.9. The quantitative estimate of drug-likeness (QED) is 0.647. The number of sulfonamides is 1. The van der Waals surface area contributed by atoms with Gasteiger partial charge in [-0.15, -0.1) is 10.2 Å². The van der Waals surface area contributed by atoms with Crippen molar-refractivity contribution >= 4 is 20.9 Å². The van der Waals surface area contributed by atoms with E-state index in [4.69, 9.17) is 0 Å². The van der Waals surface area contributed by atoms with Crippen molar-refractivity contribution in [1.29, 1.82) is 0 Å². The van der Waals surface area contributed by atoms with Crippen LogP contribution in [0.2, 0.25) is 0 Å². The second-order valence-corrected chi connectivity index (χ2v) is 10.0. The third-order valence-corrected chi connectivity index (χ3v) is 6.23. The SMILES string of the molecule is CC(C)C(NS(C)(=O)=O)c1nnc2n1CCN(Cc1cccc3cccnc13)CC2. The van der Waals surface area contributed by atoms with Gasteiger partial charge in [-0.3, -0.25) is 9.88 Å². The van der Waals surface area contributed by atoms with E-state index in [0.29, 0.717) is 5.82 Å². The number of nitrogens with zero attached hydrogens (tertiary/aromatic N) is 5. The average Bonchev–Trinajstić information content (AvgIpc) is 2.99. The standard InChI is InChI=1S/C21H28N6O2S/c1-15(2)19(25-30(3,28)29)21-24-23-18-9-11-26(12-13-27(18)21)14-17-7-4-6-16-8-5-10-22-20(16)17/h4-8,10,15,19,25H,9,11-14H2,1-3H3. The lowest BCUT2D eigenvalue weighted by molar-refractivity contribution is 0.269. The lowest BCUT2D eigenvalue weighted by Gasteiger charge is -2.23. The van der Waals surface area contributed by atoms with Gasteiger partial charge in [0, 0.05) is 44.2 Å². The van der Waals surface area contributed by atoms with E-state index in [-0.39, 0.29) is 5.92 Å². The molecule has 1 atom stereocenters. The van der Waals surface area contributed by atoms with Crippen LogP contribution in [0, 0.1) is 5.92 Å². The lowest BCUT2D eigenvalue weighted by Crippen LogP contribution is -2.33. The predicted molar refractivity (Wildman–Crippen MR) is 116 cm³/mol. The first-order valence-corrected chi connectivity index (χ1v) is 12.2. The molecule has 1 aliphatic heterocycles. The molecule has 0 aliphatic carbocycles. The van der Waals surface area contributed by atoms with Gasteiger partial charge in [-0.25, -0.2) is 13.1 Å². The fourth-order valence-electron chi connectivity index (χ4n) is 4.03. The van der Waals surface area contributed by atoms with Gasteiger partial charge in [0.2, 0.25) is 10.0 Å². The number of pyridine rings is 1. The Morgan fingerprint density at radius 1 is 1.10 bits per heavy atom. The number of aromatic nitrogens is 4. The van der Waals surface area contributed by atoms with Crippen molar-refractivity contribution in [2.45, 2.75) is 39.4 Å². The van der Waals surface area contributed by atoms with Gasteiger partial charge in [-0.2, -0.15) is 0 Å². The molecule has 8 nitrogen and oxygen atoms in total. The maximum atomic E-state index is 11.9. The maximum Gasteiger partial charge on any atom is 0.209 e. The summed E-state index contributed by atoms with van der Waals surface area (Å²) < 4.78 is 28.5. The number of benzene rings is 1. The van der Waals surface area contributed by atoms with Crippen LogP contribution in [0.25, 0.3) is 10.9 Å². The number of hydrogen-bond acceptors (Lipinski definition) is 6. The molecule has 2 aromatic heterocycles. The highest BCUT2D eigenvalue weighted by Gasteiger charge is 2.28. The number of rotatable bonds is 6. The van der Waals surface area contributed by atoms with E-state index >= 15 is 0 Å². The Morgan fingerprint density at radius 3 is 2.67 bits per heavy atom. The van der Waals surface area contributed by atoms with Gasteiger partial charge in [0.05, 0.1) is 17.8 Å². The van der Waals surface area contributed by atoms with Gasteiger partial charge in [0.25, 0.3) is 0 Å². The normalized spacial score (nSPS) is 16.5. The highest BCUT2D eigenvalue weighted by molar-refractivity contribution is 7.88. The molecule has 1 unspecified atom stereocenters. The van der Waals surface area contributed by atoms with Crippen molar-refractivity contribution < 1.29 is 8.42 Å². The Morgan fingerprint density at radius 2 is 1.90 bits per heavy atom. The minimum Gasteiger partial charge on any atom is -0.312 e. The fourth-order valence-corrected chi connectivity index (χ4v) is 4.87. The van der Waals surface area contributed by atoms with Gasteiger partial charge < -0.3 is 4.57 Å². The predicted octanol–water partition coefficient (Wildman–Crippen LogP) is 2.13. The molecule has 0 saturated carbocycles. The van der Waals surface area contributed by atoms with Gasteiger partial charge in [-0.05, 0) is 17.5 Å². The Balaban J connectivity index is 1.54. The molecule has 30 heavy (non-hydrogen) atoms. The largest absolute Gasteiger partial charge is 0.312 e. The van der Waals surface area contributed by atoms with Crippen molar-refractivity contribution in [1.82, 2.24) is 29.4 Å². The number of nitrogens with one attached hydrogen (secondary N) is 1. The molecule has 4 rings (SSSR count). The van der Waals surface area contributed by atoms with Crippen molar-refractivity contribution in [3.8, 4) is 0 Å². The van der Waals surface area contributed by atoms with Crippen molar-refractivity contribution in [2.24, 2.45) is 5.92 Å². The zero-order valence-corrected chi connectivity index (χ0v) is 18.4. The molecule has 0 bridgehead atoms. The Bertz CT molecular complexity index is 1140. The van der Waals surface area contributed by atoms with Crippen molar-refractivity contribution in [3.63, 3.8) is 0 Å².